The van der Waals surface area contributed by atoms with Crippen molar-refractivity contribution in [2.45, 2.75) is 96.9 Å². The first-order valence-corrected chi connectivity index (χ1v) is 11.0. The second-order valence-corrected chi connectivity index (χ2v) is 8.62. The molecule has 0 aromatic heterocycles. The fourth-order valence-electron chi connectivity index (χ4n) is 5.80. The largest absolute Gasteiger partial charge is 0.269 e. The summed E-state index contributed by atoms with van der Waals surface area (Å²) >= 11 is 0. The second-order valence-electron chi connectivity index (χ2n) is 8.62. The van der Waals surface area contributed by atoms with Gasteiger partial charge in [0.1, 0.15) is 5.66 Å². The second kappa shape index (κ2) is 7.46. The number of rotatable bonds is 13. The number of hydrazine groups is 1. The summed E-state index contributed by atoms with van der Waals surface area (Å²) in [7, 11) is 0. The Morgan fingerprint density at radius 3 is 1.64 bits per heavy atom. The molecule has 1 atom stereocenters. The molecule has 1 unspecified atom stereocenters. The van der Waals surface area contributed by atoms with Crippen LogP contribution in [0.15, 0.2) is 0 Å². The van der Waals surface area contributed by atoms with Crippen LogP contribution in [0.25, 0.3) is 0 Å². The van der Waals surface area contributed by atoms with Crippen LogP contribution < -0.4 is 5.43 Å². The van der Waals surface area contributed by atoms with Gasteiger partial charge in [-0.05, 0) is 32.1 Å². The van der Waals surface area contributed by atoms with Crippen molar-refractivity contribution in [2.24, 2.45) is 5.41 Å². The van der Waals surface area contributed by atoms with Gasteiger partial charge in [0.25, 0.3) is 0 Å². The van der Waals surface area contributed by atoms with Crippen molar-refractivity contribution in [3.05, 3.63) is 6.92 Å². The lowest BCUT2D eigenvalue weighted by atomic mass is 9.69. The van der Waals surface area contributed by atoms with E-state index >= 15 is 0 Å². The van der Waals surface area contributed by atoms with E-state index in [-0.39, 0.29) is 16.9 Å². The quantitative estimate of drug-likeness (QED) is 0.505. The maximum atomic E-state index is 4.52. The summed E-state index contributed by atoms with van der Waals surface area (Å²) in [6.45, 7) is 18.9. The molecule has 1 radical (unpaired) electrons. The van der Waals surface area contributed by atoms with Gasteiger partial charge in [-0.3, -0.25) is 9.80 Å². The van der Waals surface area contributed by atoms with E-state index < -0.39 is 0 Å². The van der Waals surface area contributed by atoms with Crippen molar-refractivity contribution in [2.75, 3.05) is 26.2 Å². The molecule has 4 heteroatoms. The topological polar surface area (TPSA) is 31.0 Å². The molecular formula is C21H41N4. The van der Waals surface area contributed by atoms with Gasteiger partial charge < -0.3 is 0 Å². The van der Waals surface area contributed by atoms with E-state index in [4.69, 9.17) is 0 Å². The fourth-order valence-corrected chi connectivity index (χ4v) is 5.80. The molecule has 0 bridgehead atoms. The van der Waals surface area contributed by atoms with E-state index in [1.54, 1.807) is 0 Å². The molecule has 3 saturated heterocycles. The maximum Gasteiger partial charge on any atom is 0.151 e. The van der Waals surface area contributed by atoms with Gasteiger partial charge in [0.2, 0.25) is 0 Å². The lowest BCUT2D eigenvalue weighted by Gasteiger charge is -2.54. The Morgan fingerprint density at radius 2 is 1.32 bits per heavy atom. The smallest absolute Gasteiger partial charge is 0.151 e. The van der Waals surface area contributed by atoms with Crippen LogP contribution in [0.4, 0.5) is 0 Å². The Labute approximate surface area is 156 Å². The molecule has 3 rings (SSSR count). The summed E-state index contributed by atoms with van der Waals surface area (Å²) in [5.41, 5.74) is 4.43. The van der Waals surface area contributed by atoms with Crippen LogP contribution in [0.3, 0.4) is 0 Å². The molecule has 1 N–H and O–H groups in total. The first-order chi connectivity index (χ1) is 12.1. The molecule has 145 valence electrons. The van der Waals surface area contributed by atoms with E-state index in [0.717, 1.165) is 6.42 Å². The zero-order chi connectivity index (χ0) is 18.1. The maximum absolute atomic E-state index is 4.52. The Hall–Kier alpha value is -0.160. The van der Waals surface area contributed by atoms with Gasteiger partial charge in [-0.1, -0.05) is 60.3 Å². The van der Waals surface area contributed by atoms with Crippen LogP contribution >= 0.6 is 0 Å². The molecule has 3 aliphatic heterocycles. The minimum Gasteiger partial charge on any atom is -0.269 e. The summed E-state index contributed by atoms with van der Waals surface area (Å²) in [5.74, 6) is 0.0606. The highest BCUT2D eigenvalue weighted by atomic mass is 15.9. The monoisotopic (exact) mass is 349 g/mol. The van der Waals surface area contributed by atoms with E-state index in [1.807, 2.05) is 0 Å². The molecule has 0 aliphatic carbocycles. The zero-order valence-electron chi connectivity index (χ0n) is 17.2. The lowest BCUT2D eigenvalue weighted by molar-refractivity contribution is -0.152. The van der Waals surface area contributed by atoms with Crippen molar-refractivity contribution in [3.8, 4) is 0 Å². The Kier molecular flexibility index (Phi) is 5.85. The third-order valence-electron chi connectivity index (χ3n) is 6.76. The van der Waals surface area contributed by atoms with Crippen LogP contribution in [0, 0.1) is 12.3 Å². The molecule has 4 nitrogen and oxygen atoms in total. The third-order valence-corrected chi connectivity index (χ3v) is 6.76. The summed E-state index contributed by atoms with van der Waals surface area (Å²) in [5, 5.41) is 2.73. The molecule has 3 heterocycles. The van der Waals surface area contributed by atoms with E-state index in [0.29, 0.717) is 0 Å². The van der Waals surface area contributed by atoms with Gasteiger partial charge in [0, 0.05) is 31.6 Å². The first-order valence-electron chi connectivity index (χ1n) is 11.0. The molecule has 0 amide bonds. The lowest BCUT2D eigenvalue weighted by Crippen LogP contribution is -2.66. The molecule has 0 aromatic carbocycles. The summed E-state index contributed by atoms with van der Waals surface area (Å²) in [4.78, 5) is 5.52. The minimum absolute atomic E-state index is 0.0606. The zero-order valence-corrected chi connectivity index (χ0v) is 17.2. The van der Waals surface area contributed by atoms with Crippen LogP contribution in [0.2, 0.25) is 0 Å². The molecule has 3 fully saturated rings. The van der Waals surface area contributed by atoms with E-state index in [2.05, 4.69) is 54.9 Å². The van der Waals surface area contributed by atoms with Gasteiger partial charge in [-0.2, -0.15) is 5.01 Å². The van der Waals surface area contributed by atoms with Crippen molar-refractivity contribution < 1.29 is 0 Å². The number of hydrogen-bond acceptors (Lipinski definition) is 4. The number of nitrogens with zero attached hydrogens (tertiary/aromatic N) is 3. The average Bonchev–Trinajstić information content (AvgIpc) is 3.44. The van der Waals surface area contributed by atoms with Crippen LogP contribution in [0.5, 0.6) is 0 Å². The third kappa shape index (κ3) is 3.07. The molecule has 0 spiro atoms. The molecule has 0 saturated carbocycles. The molecule has 3 aliphatic rings. The Balaban J connectivity index is 2.02. The SMILES string of the molecule is [CH2]CC(CCC)(CCC)C(N1CC1)(N1CC1)N1NC1(CCC)CCC. The van der Waals surface area contributed by atoms with Crippen LogP contribution in [0.1, 0.15) is 85.5 Å². The van der Waals surface area contributed by atoms with Crippen LogP contribution in [-0.4, -0.2) is 52.4 Å². The number of hydrogen-bond donors (Lipinski definition) is 1. The highest BCUT2D eigenvalue weighted by Gasteiger charge is 2.73. The number of nitrogens with one attached hydrogen (secondary N) is 1. The van der Waals surface area contributed by atoms with Crippen molar-refractivity contribution >= 4 is 0 Å². The molecule has 0 aromatic rings. The van der Waals surface area contributed by atoms with E-state index in [1.165, 1.54) is 77.5 Å². The van der Waals surface area contributed by atoms with Gasteiger partial charge in [0.15, 0.2) is 5.79 Å². The fraction of sp³-hybridized carbons (Fsp3) is 0.952. The van der Waals surface area contributed by atoms with Crippen molar-refractivity contribution in [1.29, 1.82) is 0 Å². The van der Waals surface area contributed by atoms with E-state index in [9.17, 15) is 0 Å². The molecular weight excluding hydrogens is 308 g/mol. The minimum atomic E-state index is 0.0606. The van der Waals surface area contributed by atoms with Crippen molar-refractivity contribution in [3.63, 3.8) is 0 Å². The Morgan fingerprint density at radius 1 is 0.840 bits per heavy atom. The summed E-state index contributed by atoms with van der Waals surface area (Å²) < 4.78 is 0. The normalized spacial score (nSPS) is 26.0. The summed E-state index contributed by atoms with van der Waals surface area (Å²) in [6, 6.07) is 0. The van der Waals surface area contributed by atoms with Crippen LogP contribution in [-0.2, 0) is 0 Å². The van der Waals surface area contributed by atoms with Gasteiger partial charge >= 0.3 is 0 Å². The standard InChI is InChI=1S/C21H41N4/c1-6-11-19(10-5,12-7-2)21(23-15-16-23,24-17-18-24)25-20(22-25,13-8-3)14-9-4/h22H,5-18H2,1-4H3. The first kappa shape index (κ1) is 19.6. The van der Waals surface area contributed by atoms with Crippen molar-refractivity contribution in [1.82, 2.24) is 20.2 Å². The Bertz CT molecular complexity index is 417. The molecule has 25 heavy (non-hydrogen) atoms. The average molecular weight is 350 g/mol. The van der Waals surface area contributed by atoms with Gasteiger partial charge in [-0.25, -0.2) is 5.43 Å². The predicted molar refractivity (Wildman–Crippen MR) is 106 cm³/mol. The predicted octanol–water partition coefficient (Wildman–Crippen LogP) is 4.20. The highest BCUT2D eigenvalue weighted by molar-refractivity contribution is 5.18. The highest BCUT2D eigenvalue weighted by Crippen LogP contribution is 2.59. The summed E-state index contributed by atoms with van der Waals surface area (Å²) in [6.07, 6.45) is 11.1. The van der Waals surface area contributed by atoms with Gasteiger partial charge in [0.05, 0.1) is 0 Å². The van der Waals surface area contributed by atoms with Gasteiger partial charge in [-0.15, -0.1) is 0 Å².